The zero-order chi connectivity index (χ0) is 23.1. The molecule has 4 rings (SSSR count). The molecule has 0 aliphatic heterocycles. The van der Waals surface area contributed by atoms with E-state index in [2.05, 4.69) is 59.6 Å². The van der Waals surface area contributed by atoms with E-state index in [0.717, 1.165) is 33.7 Å². The van der Waals surface area contributed by atoms with E-state index in [1.54, 1.807) is 6.20 Å². The van der Waals surface area contributed by atoms with Crippen LogP contribution < -0.4 is 0 Å². The molecule has 4 aromatic rings. The molecule has 2 aromatic heterocycles. The Morgan fingerprint density at radius 3 is 2.12 bits per heavy atom. The van der Waals surface area contributed by atoms with Gasteiger partial charge in [0.2, 0.25) is 0 Å². The third-order valence-corrected chi connectivity index (χ3v) is 5.11. The van der Waals surface area contributed by atoms with Crippen LogP contribution in [0.3, 0.4) is 0 Å². The quantitative estimate of drug-likeness (QED) is 0.210. The van der Waals surface area contributed by atoms with Crippen molar-refractivity contribution in [3.8, 4) is 0 Å². The van der Waals surface area contributed by atoms with E-state index in [9.17, 15) is 0 Å². The number of aliphatic imine (C=N–C) groups is 2. The Balaban J connectivity index is 0.000000913. The number of para-hydroxylation sites is 1. The zero-order valence-corrected chi connectivity index (χ0v) is 20.9. The summed E-state index contributed by atoms with van der Waals surface area (Å²) in [5, 5.41) is 1.09. The van der Waals surface area contributed by atoms with Gasteiger partial charge < -0.3 is 4.57 Å². The van der Waals surface area contributed by atoms with Crippen LogP contribution in [-0.2, 0) is 20.2 Å². The van der Waals surface area contributed by atoms with Crippen LogP contribution in [0.25, 0.3) is 10.9 Å². The van der Waals surface area contributed by atoms with E-state index < -0.39 is 0 Å². The van der Waals surface area contributed by atoms with Gasteiger partial charge >= 0.3 is 33.3 Å². The van der Waals surface area contributed by atoms with Crippen LogP contribution >= 0.6 is 20.2 Å². The topological polar surface area (TPSA) is 42.5 Å². The Morgan fingerprint density at radius 1 is 0.875 bits per heavy atom. The molecule has 0 unspecified atom stereocenters. The molecular weight excluding hydrogens is 483 g/mol. The number of rotatable bonds is 4. The Hall–Kier alpha value is -2.43. The van der Waals surface area contributed by atoms with Crippen molar-refractivity contribution in [2.24, 2.45) is 17.0 Å². The summed E-state index contributed by atoms with van der Waals surface area (Å²) >= 11 is 0.194. The molecule has 0 aliphatic carbocycles. The number of hydrogen-bond donors (Lipinski definition) is 0. The summed E-state index contributed by atoms with van der Waals surface area (Å²) in [5.41, 5.74) is 8.50. The van der Waals surface area contributed by atoms with Crippen LogP contribution in [0.2, 0.25) is 0 Å². The second kappa shape index (κ2) is 11.4. The summed E-state index contributed by atoms with van der Waals surface area (Å²) in [4.78, 5) is 13.9. The molecule has 0 radical (unpaired) electrons. The molecule has 32 heavy (non-hydrogen) atoms. The first-order valence-electron chi connectivity index (χ1n) is 9.95. The van der Waals surface area contributed by atoms with Crippen LogP contribution in [0, 0.1) is 20.8 Å². The SMILES string of the molecule is Cc1cc(C)c(N=Cc2ccc(C=Nc3cccc4cccnc34)n2C)c(C)c1.[Cl][Fe][Cl]. The summed E-state index contributed by atoms with van der Waals surface area (Å²) < 4.78 is 2.09. The normalized spacial score (nSPS) is 11.4. The van der Waals surface area contributed by atoms with Crippen LogP contribution in [0.5, 0.6) is 0 Å². The maximum absolute atomic E-state index is 4.76. The van der Waals surface area contributed by atoms with Gasteiger partial charge in [0, 0.05) is 18.6 Å². The number of aryl methyl sites for hydroxylation is 3. The molecule has 166 valence electrons. The van der Waals surface area contributed by atoms with Crippen LogP contribution in [0.1, 0.15) is 28.1 Å². The number of halogens is 2. The van der Waals surface area contributed by atoms with Crippen molar-refractivity contribution in [1.29, 1.82) is 0 Å². The van der Waals surface area contributed by atoms with E-state index in [0.29, 0.717) is 0 Å². The number of aromatic nitrogens is 2. The van der Waals surface area contributed by atoms with Gasteiger partial charge in [-0.2, -0.15) is 0 Å². The van der Waals surface area contributed by atoms with Crippen molar-refractivity contribution in [3.63, 3.8) is 0 Å². The summed E-state index contributed by atoms with van der Waals surface area (Å²) in [7, 11) is 11.6. The van der Waals surface area contributed by atoms with Gasteiger partial charge in [0.05, 0.1) is 40.7 Å². The van der Waals surface area contributed by atoms with Crippen molar-refractivity contribution in [2.75, 3.05) is 0 Å². The molecular formula is C25H24Cl2FeN4. The van der Waals surface area contributed by atoms with Crippen molar-refractivity contribution in [3.05, 3.63) is 88.9 Å². The molecule has 0 N–H and O–H groups in total. The van der Waals surface area contributed by atoms with Gasteiger partial charge in [-0.1, -0.05) is 35.9 Å². The Labute approximate surface area is 203 Å². The Bertz CT molecular complexity index is 1250. The average molecular weight is 507 g/mol. The van der Waals surface area contributed by atoms with E-state index in [4.69, 9.17) is 25.2 Å². The first-order chi connectivity index (χ1) is 15.4. The van der Waals surface area contributed by atoms with Crippen LogP contribution in [-0.4, -0.2) is 22.0 Å². The van der Waals surface area contributed by atoms with Gasteiger partial charge in [0.25, 0.3) is 0 Å². The number of pyridine rings is 1. The summed E-state index contributed by atoms with van der Waals surface area (Å²) in [6.07, 6.45) is 5.60. The fourth-order valence-corrected chi connectivity index (χ4v) is 3.64. The van der Waals surface area contributed by atoms with E-state index in [1.807, 2.05) is 49.8 Å². The standard InChI is InChI=1S/C25H24N4.2ClH.Fe/c1-17-13-18(2)24(19(3)14-17)28-16-22-11-10-21(29(22)4)15-27-23-9-5-7-20-8-6-12-26-25(20)23;;;/h5-16H,1-4H3;2*1H;/q;;;+2/p-2. The second-order valence-electron chi connectivity index (χ2n) is 7.41. The van der Waals surface area contributed by atoms with Crippen molar-refractivity contribution in [2.45, 2.75) is 20.8 Å². The first kappa shape index (κ1) is 24.2. The second-order valence-corrected chi connectivity index (χ2v) is 9.23. The summed E-state index contributed by atoms with van der Waals surface area (Å²) in [6.45, 7) is 6.32. The average Bonchev–Trinajstić information content (AvgIpc) is 3.11. The van der Waals surface area contributed by atoms with Crippen molar-refractivity contribution < 1.29 is 13.1 Å². The predicted molar refractivity (Wildman–Crippen MR) is 134 cm³/mol. The predicted octanol–water partition coefficient (Wildman–Crippen LogP) is 7.38. The molecule has 0 aliphatic rings. The molecule has 0 fully saturated rings. The first-order valence-corrected chi connectivity index (χ1v) is 13.0. The van der Waals surface area contributed by atoms with Crippen LogP contribution in [0.15, 0.2) is 70.8 Å². The fourth-order valence-electron chi connectivity index (χ4n) is 3.64. The molecule has 0 saturated heterocycles. The molecule has 0 amide bonds. The summed E-state index contributed by atoms with van der Waals surface area (Å²) in [6, 6.07) is 18.5. The number of fused-ring (bicyclic) bond motifs is 1. The van der Waals surface area contributed by atoms with Gasteiger partial charge in [0.1, 0.15) is 0 Å². The van der Waals surface area contributed by atoms with Gasteiger partial charge in [-0.25, -0.2) is 0 Å². The van der Waals surface area contributed by atoms with E-state index in [-0.39, 0.29) is 13.1 Å². The third kappa shape index (κ3) is 5.87. The maximum atomic E-state index is 4.76. The van der Waals surface area contributed by atoms with E-state index >= 15 is 0 Å². The van der Waals surface area contributed by atoms with Crippen molar-refractivity contribution in [1.82, 2.24) is 9.55 Å². The van der Waals surface area contributed by atoms with E-state index in [1.165, 1.54) is 16.7 Å². The molecule has 2 aromatic carbocycles. The molecule has 4 nitrogen and oxygen atoms in total. The molecule has 7 heteroatoms. The third-order valence-electron chi connectivity index (χ3n) is 5.11. The monoisotopic (exact) mass is 506 g/mol. The van der Waals surface area contributed by atoms with Crippen LogP contribution in [0.4, 0.5) is 11.4 Å². The molecule has 0 spiro atoms. The fraction of sp³-hybridized carbons (Fsp3) is 0.160. The van der Waals surface area contributed by atoms with Gasteiger partial charge in [-0.15, -0.1) is 0 Å². The molecule has 0 atom stereocenters. The Morgan fingerprint density at radius 2 is 1.47 bits per heavy atom. The Kier molecular flexibility index (Phi) is 8.66. The zero-order valence-electron chi connectivity index (χ0n) is 18.3. The molecule has 0 bridgehead atoms. The van der Waals surface area contributed by atoms with Crippen molar-refractivity contribution >= 4 is 54.9 Å². The minimum absolute atomic E-state index is 0.194. The van der Waals surface area contributed by atoms with Gasteiger partial charge in [0.15, 0.2) is 0 Å². The number of hydrogen-bond acceptors (Lipinski definition) is 3. The summed E-state index contributed by atoms with van der Waals surface area (Å²) in [5.74, 6) is 0. The molecule has 0 saturated carbocycles. The van der Waals surface area contributed by atoms with Gasteiger partial charge in [-0.3, -0.25) is 15.0 Å². The van der Waals surface area contributed by atoms with Gasteiger partial charge in [-0.05, 0) is 56.2 Å². The molecule has 2 heterocycles. The number of benzene rings is 2. The minimum atomic E-state index is 0.194. The number of nitrogens with zero attached hydrogens (tertiary/aromatic N) is 4.